The van der Waals surface area contributed by atoms with Crippen molar-refractivity contribution in [3.05, 3.63) is 45.5 Å². The van der Waals surface area contributed by atoms with Crippen molar-refractivity contribution in [3.8, 4) is 6.07 Å². The van der Waals surface area contributed by atoms with Crippen LogP contribution in [0.25, 0.3) is 0 Å². The highest BCUT2D eigenvalue weighted by Crippen LogP contribution is 2.36. The molecule has 0 saturated heterocycles. The van der Waals surface area contributed by atoms with Crippen molar-refractivity contribution in [3.63, 3.8) is 0 Å². The molecule has 0 radical (unpaired) electrons. The number of esters is 1. The molecule has 1 heterocycles. The van der Waals surface area contributed by atoms with Gasteiger partial charge in [-0.2, -0.15) is 5.26 Å². The Kier molecular flexibility index (Phi) is 5.47. The number of benzene rings is 1. The zero-order valence-corrected chi connectivity index (χ0v) is 13.3. The van der Waals surface area contributed by atoms with E-state index in [1.165, 1.54) is 7.11 Å². The number of ether oxygens (including phenoxy) is 1. The van der Waals surface area contributed by atoms with Crippen molar-refractivity contribution in [2.75, 3.05) is 12.9 Å². The van der Waals surface area contributed by atoms with Gasteiger partial charge < -0.3 is 10.1 Å². The van der Waals surface area contributed by atoms with Gasteiger partial charge in [-0.1, -0.05) is 35.5 Å². The molecule has 1 N–H and O–H groups in total. The summed E-state index contributed by atoms with van der Waals surface area (Å²) in [4.78, 5) is 23.1. The van der Waals surface area contributed by atoms with Gasteiger partial charge in [0.25, 0.3) is 0 Å². The van der Waals surface area contributed by atoms with Crippen LogP contribution in [0.4, 0.5) is 0 Å². The van der Waals surface area contributed by atoms with Crippen LogP contribution < -0.4 is 5.32 Å². The number of nitrogens with one attached hydrogen (secondary N) is 1. The number of nitriles is 1. The molecule has 0 bridgehead atoms. The van der Waals surface area contributed by atoms with Gasteiger partial charge in [0.2, 0.25) is 5.91 Å². The average Bonchev–Trinajstić information content (AvgIpc) is 2.52. The smallest absolute Gasteiger partial charge is 0.316 e. The van der Waals surface area contributed by atoms with Crippen molar-refractivity contribution < 1.29 is 14.3 Å². The Bertz CT molecular complexity index is 664. The predicted molar refractivity (Wildman–Crippen MR) is 84.1 cm³/mol. The number of carbonyl (C=O) groups is 2. The topological polar surface area (TPSA) is 79.2 Å². The lowest BCUT2D eigenvalue weighted by atomic mass is 9.87. The first-order valence-corrected chi connectivity index (χ1v) is 7.80. The van der Waals surface area contributed by atoms with Gasteiger partial charge >= 0.3 is 5.97 Å². The number of allylic oxidation sites excluding steroid dienone is 1. The first kappa shape index (κ1) is 16.4. The minimum atomic E-state index is -0.419. The summed E-state index contributed by atoms with van der Waals surface area (Å²) in [6, 6.07) is 9.18. The maximum Gasteiger partial charge on any atom is 0.316 e. The van der Waals surface area contributed by atoms with Crippen molar-refractivity contribution in [1.29, 1.82) is 5.26 Å². The molecule has 114 valence electrons. The highest BCUT2D eigenvalue weighted by molar-refractivity contribution is 8.03. The molecular weight excluding hydrogens is 324 g/mol. The molecule has 5 nitrogen and oxygen atoms in total. The molecule has 1 aromatic rings. The molecule has 0 unspecified atom stereocenters. The van der Waals surface area contributed by atoms with Crippen LogP contribution >= 0.6 is 23.4 Å². The Morgan fingerprint density at radius 2 is 2.18 bits per heavy atom. The molecule has 1 aromatic carbocycles. The number of carbonyl (C=O) groups excluding carboxylic acids is 2. The average molecular weight is 337 g/mol. The third-order valence-corrected chi connectivity index (χ3v) is 4.43. The first-order valence-electron chi connectivity index (χ1n) is 6.44. The lowest BCUT2D eigenvalue weighted by molar-refractivity contribution is -0.137. The van der Waals surface area contributed by atoms with Crippen LogP contribution in [0.5, 0.6) is 0 Å². The van der Waals surface area contributed by atoms with E-state index in [9.17, 15) is 14.9 Å². The number of thioether (sulfide) groups is 1. The fourth-order valence-electron chi connectivity index (χ4n) is 2.10. The zero-order chi connectivity index (χ0) is 16.1. The van der Waals surface area contributed by atoms with Gasteiger partial charge in [-0.25, -0.2) is 0 Å². The van der Waals surface area contributed by atoms with Crippen molar-refractivity contribution >= 4 is 35.2 Å². The van der Waals surface area contributed by atoms with Gasteiger partial charge in [0.1, 0.15) is 0 Å². The van der Waals surface area contributed by atoms with E-state index in [4.69, 9.17) is 11.6 Å². The molecule has 0 aromatic heterocycles. The number of halogens is 1. The lowest BCUT2D eigenvalue weighted by Crippen LogP contribution is -2.31. The SMILES string of the molecule is COC(=O)CSC1=C(C#N)[C@H](c2ccc(Cl)cc2)CC(=O)N1. The largest absolute Gasteiger partial charge is 0.468 e. The van der Waals surface area contributed by atoms with Crippen LogP contribution in [0.2, 0.25) is 5.02 Å². The van der Waals surface area contributed by atoms with Gasteiger partial charge in [-0.3, -0.25) is 9.59 Å². The highest BCUT2D eigenvalue weighted by Gasteiger charge is 2.29. The monoisotopic (exact) mass is 336 g/mol. The van der Waals surface area contributed by atoms with Crippen LogP contribution in [0.15, 0.2) is 34.9 Å². The molecule has 0 fully saturated rings. The van der Waals surface area contributed by atoms with E-state index in [1.807, 2.05) is 0 Å². The molecule has 22 heavy (non-hydrogen) atoms. The second kappa shape index (κ2) is 7.34. The van der Waals surface area contributed by atoms with E-state index >= 15 is 0 Å². The maximum absolute atomic E-state index is 11.9. The molecular formula is C15H13ClN2O3S. The van der Waals surface area contributed by atoms with E-state index in [2.05, 4.69) is 16.1 Å². The van der Waals surface area contributed by atoms with E-state index < -0.39 is 5.97 Å². The van der Waals surface area contributed by atoms with Crippen LogP contribution in [0.3, 0.4) is 0 Å². The molecule has 1 atom stereocenters. The second-order valence-corrected chi connectivity index (χ2v) is 6.00. The van der Waals surface area contributed by atoms with E-state index in [0.717, 1.165) is 17.3 Å². The van der Waals surface area contributed by atoms with Gasteiger partial charge in [-0.15, -0.1) is 0 Å². The summed E-state index contributed by atoms with van der Waals surface area (Å²) in [6.07, 6.45) is 0.187. The lowest BCUT2D eigenvalue weighted by Gasteiger charge is -2.24. The fourth-order valence-corrected chi connectivity index (χ4v) is 3.14. The molecule has 7 heteroatoms. The standard InChI is InChI=1S/C15H13ClN2O3S/c1-21-14(20)8-22-15-12(7-17)11(6-13(19)18-15)9-2-4-10(16)5-3-9/h2-5,11H,6,8H2,1H3,(H,18,19)/t11-/m0/s1. The highest BCUT2D eigenvalue weighted by atomic mass is 35.5. The Hall–Kier alpha value is -1.97. The van der Waals surface area contributed by atoms with Gasteiger partial charge in [-0.05, 0) is 17.7 Å². The van der Waals surface area contributed by atoms with Gasteiger partial charge in [0.15, 0.2) is 0 Å². The number of methoxy groups -OCH3 is 1. The molecule has 1 aliphatic rings. The summed E-state index contributed by atoms with van der Waals surface area (Å²) in [6.45, 7) is 0. The number of amides is 1. The summed E-state index contributed by atoms with van der Waals surface area (Å²) >= 11 is 6.96. The third kappa shape index (κ3) is 3.81. The summed E-state index contributed by atoms with van der Waals surface area (Å²) < 4.78 is 4.57. The van der Waals surface area contributed by atoms with E-state index in [0.29, 0.717) is 15.6 Å². The van der Waals surface area contributed by atoms with Crippen LogP contribution in [0.1, 0.15) is 17.9 Å². The molecule has 0 saturated carbocycles. The maximum atomic E-state index is 11.9. The summed E-state index contributed by atoms with van der Waals surface area (Å²) in [5.74, 6) is -0.912. The van der Waals surface area contributed by atoms with Gasteiger partial charge in [0.05, 0.1) is 29.5 Å². The third-order valence-electron chi connectivity index (χ3n) is 3.19. The zero-order valence-electron chi connectivity index (χ0n) is 11.8. The minimum absolute atomic E-state index is 0.0324. The Morgan fingerprint density at radius 1 is 1.50 bits per heavy atom. The normalized spacial score (nSPS) is 17.7. The Labute approximate surface area is 137 Å². The van der Waals surface area contributed by atoms with Crippen LogP contribution in [-0.2, 0) is 14.3 Å². The summed E-state index contributed by atoms with van der Waals surface area (Å²) in [5.41, 5.74) is 1.28. The number of hydrogen-bond donors (Lipinski definition) is 1. The van der Waals surface area contributed by atoms with Crippen LogP contribution in [0, 0.1) is 11.3 Å². The van der Waals surface area contributed by atoms with E-state index in [-0.39, 0.29) is 24.0 Å². The number of hydrogen-bond acceptors (Lipinski definition) is 5. The molecule has 2 rings (SSSR count). The Balaban J connectivity index is 2.32. The quantitative estimate of drug-likeness (QED) is 0.855. The molecule has 0 spiro atoms. The first-order chi connectivity index (χ1) is 10.5. The van der Waals surface area contributed by atoms with E-state index in [1.54, 1.807) is 24.3 Å². The molecule has 0 aliphatic carbocycles. The fraction of sp³-hybridized carbons (Fsp3) is 0.267. The van der Waals surface area contributed by atoms with Crippen molar-refractivity contribution in [1.82, 2.24) is 5.32 Å². The van der Waals surface area contributed by atoms with Gasteiger partial charge in [0, 0.05) is 17.4 Å². The second-order valence-electron chi connectivity index (χ2n) is 4.58. The van der Waals surface area contributed by atoms with Crippen molar-refractivity contribution in [2.45, 2.75) is 12.3 Å². The summed E-state index contributed by atoms with van der Waals surface area (Å²) in [5, 5.41) is 13.1. The summed E-state index contributed by atoms with van der Waals surface area (Å²) in [7, 11) is 1.29. The minimum Gasteiger partial charge on any atom is -0.468 e. The molecule has 1 amide bonds. The number of rotatable bonds is 4. The van der Waals surface area contributed by atoms with Crippen LogP contribution in [-0.4, -0.2) is 24.7 Å². The Morgan fingerprint density at radius 3 is 2.77 bits per heavy atom. The predicted octanol–water partition coefficient (Wildman–Crippen LogP) is 2.58. The van der Waals surface area contributed by atoms with Crippen molar-refractivity contribution in [2.24, 2.45) is 0 Å². The molecule has 1 aliphatic heterocycles. The number of nitrogens with zero attached hydrogens (tertiary/aromatic N) is 1.